The van der Waals surface area contributed by atoms with Gasteiger partial charge >= 0.3 is 0 Å². The third kappa shape index (κ3) is 4.68. The number of aromatic nitrogens is 1. The summed E-state index contributed by atoms with van der Waals surface area (Å²) >= 11 is 11.9. The highest BCUT2D eigenvalue weighted by atomic mass is 35.5. The van der Waals surface area contributed by atoms with Crippen LogP contribution in [0.3, 0.4) is 0 Å². The Bertz CT molecular complexity index is 1110. The number of nitrogens with one attached hydrogen (secondary N) is 1. The molecule has 0 atom stereocenters. The number of hydrogen-bond acceptors (Lipinski definition) is 3. The van der Waals surface area contributed by atoms with Crippen LogP contribution in [0.4, 0.5) is 5.69 Å². The Hall–Kier alpha value is -2.89. The van der Waals surface area contributed by atoms with E-state index >= 15 is 0 Å². The minimum atomic E-state index is -0.363. The number of amides is 1. The van der Waals surface area contributed by atoms with E-state index in [1.165, 1.54) is 29.8 Å². The van der Waals surface area contributed by atoms with Crippen LogP contribution >= 0.6 is 23.2 Å². The lowest BCUT2D eigenvalue weighted by Crippen LogP contribution is -2.22. The highest BCUT2D eigenvalue weighted by Gasteiger charge is 2.10. The van der Waals surface area contributed by atoms with Crippen molar-refractivity contribution in [2.24, 2.45) is 0 Å². The first-order valence-electron chi connectivity index (χ1n) is 8.40. The molecule has 0 saturated carbocycles. The Morgan fingerprint density at radius 3 is 2.25 bits per heavy atom. The maximum absolute atomic E-state index is 12.5. The summed E-state index contributed by atoms with van der Waals surface area (Å²) in [6, 6.07) is 14.5. The van der Waals surface area contributed by atoms with Crippen LogP contribution in [-0.2, 0) is 6.54 Å². The summed E-state index contributed by atoms with van der Waals surface area (Å²) in [4.78, 5) is 36.0. The normalized spacial score (nSPS) is 10.5. The molecule has 0 radical (unpaired) electrons. The smallest absolute Gasteiger partial charge is 0.257 e. The molecule has 1 aromatic heterocycles. The van der Waals surface area contributed by atoms with Gasteiger partial charge in [-0.2, -0.15) is 0 Å². The molecule has 1 heterocycles. The van der Waals surface area contributed by atoms with Crippen molar-refractivity contribution in [3.05, 3.63) is 97.9 Å². The molecule has 7 heteroatoms. The van der Waals surface area contributed by atoms with Crippen molar-refractivity contribution in [3.8, 4) is 0 Å². The zero-order valence-electron chi connectivity index (χ0n) is 14.9. The summed E-state index contributed by atoms with van der Waals surface area (Å²) in [5, 5.41) is 3.58. The third-order valence-corrected chi connectivity index (χ3v) is 4.87. The maximum Gasteiger partial charge on any atom is 0.257 e. The van der Waals surface area contributed by atoms with E-state index in [1.807, 2.05) is 0 Å². The van der Waals surface area contributed by atoms with Crippen LogP contribution in [0.1, 0.15) is 33.2 Å². The fraction of sp³-hybridized carbons (Fsp3) is 0.0952. The Balaban J connectivity index is 1.79. The fourth-order valence-corrected chi connectivity index (χ4v) is 2.94. The Labute approximate surface area is 171 Å². The van der Waals surface area contributed by atoms with E-state index in [-0.39, 0.29) is 23.8 Å². The summed E-state index contributed by atoms with van der Waals surface area (Å²) in [6.07, 6.45) is 1.49. The number of benzene rings is 2. The summed E-state index contributed by atoms with van der Waals surface area (Å²) < 4.78 is 1.42. The average molecular weight is 415 g/mol. The van der Waals surface area contributed by atoms with Crippen molar-refractivity contribution in [2.75, 3.05) is 5.32 Å². The zero-order chi connectivity index (χ0) is 20.3. The second-order valence-electron chi connectivity index (χ2n) is 6.22. The fourth-order valence-electron chi connectivity index (χ4n) is 2.62. The number of hydrogen-bond donors (Lipinski definition) is 1. The number of carbonyl (C=O) groups excluding carboxylic acids is 2. The molecular weight excluding hydrogens is 399 g/mol. The van der Waals surface area contributed by atoms with Gasteiger partial charge in [0, 0.05) is 23.5 Å². The second-order valence-corrected chi connectivity index (χ2v) is 7.03. The Morgan fingerprint density at radius 1 is 0.929 bits per heavy atom. The van der Waals surface area contributed by atoms with Crippen LogP contribution in [0.25, 0.3) is 0 Å². The second kappa shape index (κ2) is 8.42. The van der Waals surface area contributed by atoms with Gasteiger partial charge in [0.2, 0.25) is 0 Å². The van der Waals surface area contributed by atoms with Crippen LogP contribution in [0.5, 0.6) is 0 Å². The molecular formula is C21H16Cl2N2O3. The summed E-state index contributed by atoms with van der Waals surface area (Å²) in [5.41, 5.74) is 1.99. The topological polar surface area (TPSA) is 68.2 Å². The van der Waals surface area contributed by atoms with E-state index in [1.54, 1.807) is 42.5 Å². The van der Waals surface area contributed by atoms with E-state index in [0.29, 0.717) is 26.9 Å². The minimum absolute atomic E-state index is 0.0488. The number of Topliss-reactive ketones (excluding diaryl/α,β-unsaturated/α-hetero) is 1. The van der Waals surface area contributed by atoms with E-state index < -0.39 is 0 Å². The third-order valence-electron chi connectivity index (χ3n) is 4.13. The summed E-state index contributed by atoms with van der Waals surface area (Å²) in [5.74, 6) is -0.411. The van der Waals surface area contributed by atoms with Gasteiger partial charge in [-0.05, 0) is 55.0 Å². The zero-order valence-corrected chi connectivity index (χ0v) is 16.4. The molecule has 1 amide bonds. The average Bonchev–Trinajstić information content (AvgIpc) is 2.67. The van der Waals surface area contributed by atoms with Crippen LogP contribution in [-0.4, -0.2) is 16.3 Å². The molecule has 2 aromatic carbocycles. The highest BCUT2D eigenvalue weighted by Crippen LogP contribution is 2.22. The SMILES string of the molecule is CC(=O)c1ccc(NC(=O)c2ccc(=O)n(Cc3ccc(Cl)c(Cl)c3)c2)cc1. The molecule has 0 aliphatic rings. The number of pyridine rings is 1. The molecule has 1 N–H and O–H groups in total. The van der Waals surface area contributed by atoms with Gasteiger partial charge in [0.1, 0.15) is 0 Å². The summed E-state index contributed by atoms with van der Waals surface area (Å²) in [7, 11) is 0. The quantitative estimate of drug-likeness (QED) is 0.617. The molecule has 0 bridgehead atoms. The van der Waals surface area contributed by atoms with E-state index in [0.717, 1.165) is 5.56 Å². The number of ketones is 1. The van der Waals surface area contributed by atoms with Gasteiger partial charge in [-0.1, -0.05) is 29.3 Å². The largest absolute Gasteiger partial charge is 0.322 e. The molecule has 0 unspecified atom stereocenters. The number of carbonyl (C=O) groups is 2. The van der Waals surface area contributed by atoms with E-state index in [4.69, 9.17) is 23.2 Å². The lowest BCUT2D eigenvalue weighted by molar-refractivity contribution is 0.101. The van der Waals surface area contributed by atoms with Gasteiger partial charge in [0.15, 0.2) is 5.78 Å². The van der Waals surface area contributed by atoms with Crippen LogP contribution < -0.4 is 10.9 Å². The summed E-state index contributed by atoms with van der Waals surface area (Å²) in [6.45, 7) is 1.73. The highest BCUT2D eigenvalue weighted by molar-refractivity contribution is 6.42. The van der Waals surface area contributed by atoms with Crippen LogP contribution in [0.2, 0.25) is 10.0 Å². The van der Waals surface area contributed by atoms with Crippen molar-refractivity contribution >= 4 is 40.6 Å². The van der Waals surface area contributed by atoms with Gasteiger partial charge in [0.05, 0.1) is 22.2 Å². The lowest BCUT2D eigenvalue weighted by atomic mass is 10.1. The number of nitrogens with zero attached hydrogens (tertiary/aromatic N) is 1. The molecule has 0 aliphatic heterocycles. The Kier molecular flexibility index (Phi) is 5.97. The first kappa shape index (κ1) is 19.9. The van der Waals surface area contributed by atoms with Crippen LogP contribution in [0.15, 0.2) is 65.6 Å². The predicted octanol–water partition coefficient (Wildman–Crippen LogP) is 4.66. The predicted molar refractivity (Wildman–Crippen MR) is 111 cm³/mol. The Morgan fingerprint density at radius 2 is 1.61 bits per heavy atom. The standard InChI is InChI=1S/C21H16Cl2N2O3/c1-13(26)15-3-6-17(7-4-15)24-21(28)16-5-9-20(27)25(12-16)11-14-2-8-18(22)19(23)10-14/h2-10,12H,11H2,1H3,(H,24,28). The molecule has 0 aliphatic carbocycles. The first-order chi connectivity index (χ1) is 13.3. The van der Waals surface area contributed by atoms with Crippen molar-refractivity contribution in [1.29, 1.82) is 0 Å². The van der Waals surface area contributed by atoms with Gasteiger partial charge in [-0.3, -0.25) is 14.4 Å². The van der Waals surface area contributed by atoms with Crippen molar-refractivity contribution in [2.45, 2.75) is 13.5 Å². The van der Waals surface area contributed by atoms with E-state index in [9.17, 15) is 14.4 Å². The first-order valence-corrected chi connectivity index (χ1v) is 9.16. The van der Waals surface area contributed by atoms with Crippen LogP contribution in [0, 0.1) is 0 Å². The van der Waals surface area contributed by atoms with E-state index in [2.05, 4.69) is 5.32 Å². The van der Waals surface area contributed by atoms with Gasteiger partial charge < -0.3 is 9.88 Å². The molecule has 3 aromatic rings. The number of rotatable bonds is 5. The van der Waals surface area contributed by atoms with Gasteiger partial charge in [-0.15, -0.1) is 0 Å². The number of halogens is 2. The molecule has 28 heavy (non-hydrogen) atoms. The molecule has 3 rings (SSSR count). The van der Waals surface area contributed by atoms with Gasteiger partial charge in [0.25, 0.3) is 11.5 Å². The van der Waals surface area contributed by atoms with Gasteiger partial charge in [-0.25, -0.2) is 0 Å². The molecule has 142 valence electrons. The maximum atomic E-state index is 12.5. The molecule has 5 nitrogen and oxygen atoms in total. The lowest BCUT2D eigenvalue weighted by Gasteiger charge is -2.10. The minimum Gasteiger partial charge on any atom is -0.322 e. The molecule has 0 saturated heterocycles. The monoisotopic (exact) mass is 414 g/mol. The molecule has 0 fully saturated rings. The molecule has 0 spiro atoms. The number of anilines is 1. The van der Waals surface area contributed by atoms with Crippen molar-refractivity contribution in [1.82, 2.24) is 4.57 Å². The van der Waals surface area contributed by atoms with Crippen molar-refractivity contribution in [3.63, 3.8) is 0 Å². The van der Waals surface area contributed by atoms with Crippen molar-refractivity contribution < 1.29 is 9.59 Å².